The lowest BCUT2D eigenvalue weighted by Crippen LogP contribution is -2.29. The van der Waals surface area contributed by atoms with Gasteiger partial charge in [-0.1, -0.05) is 11.6 Å². The Bertz CT molecular complexity index is 278. The molecule has 1 atom stereocenters. The molecule has 2 N–H and O–H groups in total. The molecule has 0 radical (unpaired) electrons. The van der Waals surface area contributed by atoms with Gasteiger partial charge >= 0.3 is 0 Å². The third-order valence-electron chi connectivity index (χ3n) is 2.56. The molecule has 1 aliphatic rings. The van der Waals surface area contributed by atoms with Gasteiger partial charge < -0.3 is 10.6 Å². The average Bonchev–Trinajstić information content (AvgIpc) is 2.70. The fraction of sp³-hybridized carbons (Fsp3) is 0.455. The molecular weight excluding hydrogens is 196 g/mol. The summed E-state index contributed by atoms with van der Waals surface area (Å²) in [4.78, 5) is 0. The molecule has 1 aliphatic heterocycles. The second-order valence-corrected chi connectivity index (χ2v) is 4.12. The summed E-state index contributed by atoms with van der Waals surface area (Å²) in [6.07, 6.45) is 2.58. The molecule has 1 heterocycles. The van der Waals surface area contributed by atoms with Crippen molar-refractivity contribution in [3.05, 3.63) is 29.3 Å². The van der Waals surface area contributed by atoms with Gasteiger partial charge in [0.05, 0.1) is 0 Å². The molecule has 1 aromatic carbocycles. The lowest BCUT2D eigenvalue weighted by molar-refractivity contribution is 0.633. The molecular formula is C11H15ClN2. The molecule has 0 bridgehead atoms. The van der Waals surface area contributed by atoms with Gasteiger partial charge in [0, 0.05) is 23.3 Å². The highest BCUT2D eigenvalue weighted by Gasteiger charge is 2.12. The van der Waals surface area contributed by atoms with E-state index in [0.29, 0.717) is 6.04 Å². The van der Waals surface area contributed by atoms with Crippen molar-refractivity contribution in [3.63, 3.8) is 0 Å². The minimum atomic E-state index is 0.630. The van der Waals surface area contributed by atoms with Gasteiger partial charge in [0.25, 0.3) is 0 Å². The van der Waals surface area contributed by atoms with E-state index < -0.39 is 0 Å². The SMILES string of the molecule is Clc1ccc(NCC2CCCN2)cc1. The van der Waals surface area contributed by atoms with Crippen LogP contribution in [0.3, 0.4) is 0 Å². The van der Waals surface area contributed by atoms with Crippen LogP contribution in [0.5, 0.6) is 0 Å². The van der Waals surface area contributed by atoms with Crippen molar-refractivity contribution in [1.82, 2.24) is 5.32 Å². The predicted molar refractivity (Wildman–Crippen MR) is 61.0 cm³/mol. The Kier molecular flexibility index (Phi) is 3.27. The third kappa shape index (κ3) is 2.63. The summed E-state index contributed by atoms with van der Waals surface area (Å²) in [5.41, 5.74) is 1.14. The molecule has 14 heavy (non-hydrogen) atoms. The Morgan fingerprint density at radius 2 is 2.14 bits per heavy atom. The fourth-order valence-electron chi connectivity index (χ4n) is 1.74. The normalized spacial score (nSPS) is 21.1. The number of hydrogen-bond acceptors (Lipinski definition) is 2. The average molecular weight is 211 g/mol. The number of halogens is 1. The lowest BCUT2D eigenvalue weighted by Gasteiger charge is -2.12. The van der Waals surface area contributed by atoms with Crippen LogP contribution in [0, 0.1) is 0 Å². The Balaban J connectivity index is 1.82. The number of nitrogens with one attached hydrogen (secondary N) is 2. The Hall–Kier alpha value is -0.730. The summed E-state index contributed by atoms with van der Waals surface area (Å²) in [6.45, 7) is 2.16. The third-order valence-corrected chi connectivity index (χ3v) is 2.81. The van der Waals surface area contributed by atoms with Crippen molar-refractivity contribution >= 4 is 17.3 Å². The van der Waals surface area contributed by atoms with Crippen LogP contribution in [0.4, 0.5) is 5.69 Å². The van der Waals surface area contributed by atoms with E-state index in [0.717, 1.165) is 23.8 Å². The lowest BCUT2D eigenvalue weighted by atomic mass is 10.2. The molecule has 76 valence electrons. The maximum atomic E-state index is 5.80. The van der Waals surface area contributed by atoms with Crippen LogP contribution in [0.2, 0.25) is 5.02 Å². The van der Waals surface area contributed by atoms with Gasteiger partial charge in [-0.25, -0.2) is 0 Å². The highest BCUT2D eigenvalue weighted by Crippen LogP contribution is 2.14. The largest absolute Gasteiger partial charge is 0.383 e. The first-order valence-corrected chi connectivity index (χ1v) is 5.45. The number of anilines is 1. The van der Waals surface area contributed by atoms with Crippen molar-refractivity contribution in [2.24, 2.45) is 0 Å². The molecule has 3 heteroatoms. The van der Waals surface area contributed by atoms with Crippen molar-refractivity contribution in [1.29, 1.82) is 0 Å². The molecule has 1 saturated heterocycles. The van der Waals surface area contributed by atoms with Crippen LogP contribution < -0.4 is 10.6 Å². The van der Waals surface area contributed by atoms with Crippen LogP contribution in [-0.4, -0.2) is 19.1 Å². The van der Waals surface area contributed by atoms with Crippen LogP contribution in [-0.2, 0) is 0 Å². The van der Waals surface area contributed by atoms with E-state index in [-0.39, 0.29) is 0 Å². The molecule has 2 rings (SSSR count). The van der Waals surface area contributed by atoms with Gasteiger partial charge in [-0.15, -0.1) is 0 Å². The van der Waals surface area contributed by atoms with Crippen molar-refractivity contribution in [3.8, 4) is 0 Å². The second-order valence-electron chi connectivity index (χ2n) is 3.68. The maximum absolute atomic E-state index is 5.80. The second kappa shape index (κ2) is 4.67. The van der Waals surface area contributed by atoms with Gasteiger partial charge in [-0.05, 0) is 43.7 Å². The first-order valence-electron chi connectivity index (χ1n) is 5.07. The van der Waals surface area contributed by atoms with Gasteiger partial charge in [-0.3, -0.25) is 0 Å². The zero-order chi connectivity index (χ0) is 9.80. The van der Waals surface area contributed by atoms with Crippen LogP contribution >= 0.6 is 11.6 Å². The van der Waals surface area contributed by atoms with Gasteiger partial charge in [-0.2, -0.15) is 0 Å². The van der Waals surface area contributed by atoms with Crippen LogP contribution in [0.15, 0.2) is 24.3 Å². The van der Waals surface area contributed by atoms with Crippen molar-refractivity contribution < 1.29 is 0 Å². The Labute approximate surface area is 89.7 Å². The summed E-state index contributed by atoms with van der Waals surface area (Å²) < 4.78 is 0. The molecule has 1 unspecified atom stereocenters. The van der Waals surface area contributed by atoms with E-state index in [2.05, 4.69) is 10.6 Å². The molecule has 1 aromatic rings. The quantitative estimate of drug-likeness (QED) is 0.801. The minimum absolute atomic E-state index is 0.630. The fourth-order valence-corrected chi connectivity index (χ4v) is 1.87. The summed E-state index contributed by atoms with van der Waals surface area (Å²) in [5.74, 6) is 0. The summed E-state index contributed by atoms with van der Waals surface area (Å²) in [6, 6.07) is 8.47. The summed E-state index contributed by atoms with van der Waals surface area (Å²) >= 11 is 5.80. The Morgan fingerprint density at radius 1 is 1.36 bits per heavy atom. The highest BCUT2D eigenvalue weighted by molar-refractivity contribution is 6.30. The number of benzene rings is 1. The molecule has 0 aliphatic carbocycles. The number of rotatable bonds is 3. The van der Waals surface area contributed by atoms with E-state index in [1.54, 1.807) is 0 Å². The van der Waals surface area contributed by atoms with E-state index >= 15 is 0 Å². The zero-order valence-electron chi connectivity index (χ0n) is 8.09. The maximum Gasteiger partial charge on any atom is 0.0407 e. The first-order chi connectivity index (χ1) is 6.84. The van der Waals surface area contributed by atoms with Crippen molar-refractivity contribution in [2.45, 2.75) is 18.9 Å². The van der Waals surface area contributed by atoms with Gasteiger partial charge in [0.1, 0.15) is 0 Å². The van der Waals surface area contributed by atoms with Crippen LogP contribution in [0.1, 0.15) is 12.8 Å². The van der Waals surface area contributed by atoms with E-state index in [1.165, 1.54) is 12.8 Å². The first kappa shape index (κ1) is 9.81. The Morgan fingerprint density at radius 3 is 2.79 bits per heavy atom. The molecule has 1 fully saturated rings. The summed E-state index contributed by atoms with van der Waals surface area (Å²) in [7, 11) is 0. The monoisotopic (exact) mass is 210 g/mol. The zero-order valence-corrected chi connectivity index (χ0v) is 8.85. The number of hydrogen-bond donors (Lipinski definition) is 2. The molecule has 0 aromatic heterocycles. The molecule has 0 amide bonds. The van der Waals surface area contributed by atoms with Crippen LogP contribution in [0.25, 0.3) is 0 Å². The van der Waals surface area contributed by atoms with E-state index in [1.807, 2.05) is 24.3 Å². The topological polar surface area (TPSA) is 24.1 Å². The van der Waals surface area contributed by atoms with E-state index in [4.69, 9.17) is 11.6 Å². The standard InChI is InChI=1S/C11H15ClN2/c12-9-3-5-10(6-4-9)14-8-11-2-1-7-13-11/h3-6,11,13-14H,1-2,7-8H2. The van der Waals surface area contributed by atoms with Crippen molar-refractivity contribution in [2.75, 3.05) is 18.4 Å². The predicted octanol–water partition coefficient (Wildman–Crippen LogP) is 2.50. The highest BCUT2D eigenvalue weighted by atomic mass is 35.5. The molecule has 0 spiro atoms. The molecule has 0 saturated carbocycles. The smallest absolute Gasteiger partial charge is 0.0407 e. The van der Waals surface area contributed by atoms with Gasteiger partial charge in [0.2, 0.25) is 0 Å². The molecule has 2 nitrogen and oxygen atoms in total. The summed E-state index contributed by atoms with van der Waals surface area (Å²) in [5, 5.41) is 7.63. The van der Waals surface area contributed by atoms with E-state index in [9.17, 15) is 0 Å². The van der Waals surface area contributed by atoms with Gasteiger partial charge in [0.15, 0.2) is 0 Å². The minimum Gasteiger partial charge on any atom is -0.383 e.